The molecule has 274 valence electrons. The van der Waals surface area contributed by atoms with Gasteiger partial charge in [-0.25, -0.2) is 8.78 Å². The number of aromatic nitrogens is 2. The number of amides is 4. The monoisotopic (exact) mass is 705 g/mol. The second-order valence-electron chi connectivity index (χ2n) is 13.6. The molecule has 3 aromatic rings. The second kappa shape index (κ2) is 17.0. The van der Waals surface area contributed by atoms with Crippen LogP contribution in [-0.4, -0.2) is 81.4 Å². The second-order valence-corrected chi connectivity index (χ2v) is 13.6. The largest absolute Gasteiger partial charge is 0.364 e. The quantitative estimate of drug-likeness (QED) is 0.232. The molecule has 1 aliphatic carbocycles. The summed E-state index contributed by atoms with van der Waals surface area (Å²) >= 11 is 0. The minimum absolute atomic E-state index is 0.107. The smallest absolute Gasteiger partial charge is 0.266 e. The Hall–Kier alpha value is -4.65. The Kier molecular flexibility index (Phi) is 12.6. The van der Waals surface area contributed by atoms with Crippen LogP contribution in [0.4, 0.5) is 8.78 Å². The van der Waals surface area contributed by atoms with Crippen LogP contribution in [-0.2, 0) is 40.4 Å². The summed E-state index contributed by atoms with van der Waals surface area (Å²) in [5.74, 6) is -5.29. The van der Waals surface area contributed by atoms with Crippen LogP contribution in [0.5, 0.6) is 0 Å². The maximum atomic E-state index is 14.0. The number of primary amides is 1. The third-order valence-corrected chi connectivity index (χ3v) is 10.0. The SMILES string of the molecule is CCC(=O)N[C@H](Cc1ccc(CNC(=O)[C@H](c2cc(C(N)=O)n(CC)n2)C2CCC(F)(F)CC2)cc1)C(=O)N1CCN(Cc2ccccc2)CC1. The number of halogens is 2. The first kappa shape index (κ1) is 37.6. The Morgan fingerprint density at radius 1 is 0.922 bits per heavy atom. The molecule has 2 aliphatic rings. The first-order valence-corrected chi connectivity index (χ1v) is 17.9. The highest BCUT2D eigenvalue weighted by Crippen LogP contribution is 2.42. The van der Waals surface area contributed by atoms with E-state index in [1.165, 1.54) is 16.3 Å². The zero-order valence-corrected chi connectivity index (χ0v) is 29.5. The average molecular weight is 706 g/mol. The van der Waals surface area contributed by atoms with Gasteiger partial charge in [0.1, 0.15) is 11.7 Å². The Bertz CT molecular complexity index is 1650. The molecule has 2 atom stereocenters. The molecule has 2 heterocycles. The molecule has 0 spiro atoms. The lowest BCUT2D eigenvalue weighted by Gasteiger charge is -2.36. The van der Waals surface area contributed by atoms with E-state index in [4.69, 9.17) is 5.73 Å². The lowest BCUT2D eigenvalue weighted by molar-refractivity contribution is -0.138. The van der Waals surface area contributed by atoms with Gasteiger partial charge in [0, 0.05) is 71.5 Å². The molecule has 0 radical (unpaired) electrons. The van der Waals surface area contributed by atoms with Gasteiger partial charge >= 0.3 is 0 Å². The number of rotatable bonds is 14. The maximum Gasteiger partial charge on any atom is 0.266 e. The first-order valence-electron chi connectivity index (χ1n) is 17.9. The van der Waals surface area contributed by atoms with Crippen LogP contribution in [0.15, 0.2) is 60.7 Å². The molecule has 1 aliphatic heterocycles. The van der Waals surface area contributed by atoms with Crippen molar-refractivity contribution in [3.63, 3.8) is 0 Å². The van der Waals surface area contributed by atoms with Gasteiger partial charge in [0.15, 0.2) is 0 Å². The number of aryl methyl sites for hydroxylation is 1. The Labute approximate surface area is 297 Å². The van der Waals surface area contributed by atoms with Gasteiger partial charge in [-0.1, -0.05) is 61.5 Å². The van der Waals surface area contributed by atoms with Gasteiger partial charge in [-0.2, -0.15) is 5.10 Å². The van der Waals surface area contributed by atoms with E-state index in [0.29, 0.717) is 31.7 Å². The van der Waals surface area contributed by atoms with E-state index < -0.39 is 23.8 Å². The Morgan fingerprint density at radius 2 is 1.57 bits per heavy atom. The van der Waals surface area contributed by atoms with Crippen LogP contribution in [0.2, 0.25) is 0 Å². The number of hydrogen-bond acceptors (Lipinski definition) is 6. The lowest BCUT2D eigenvalue weighted by atomic mass is 9.76. The summed E-state index contributed by atoms with van der Waals surface area (Å²) < 4.78 is 29.5. The topological polar surface area (TPSA) is 143 Å². The van der Waals surface area contributed by atoms with E-state index in [1.807, 2.05) is 47.4 Å². The highest BCUT2D eigenvalue weighted by molar-refractivity contribution is 5.92. The van der Waals surface area contributed by atoms with Gasteiger partial charge < -0.3 is 21.3 Å². The van der Waals surface area contributed by atoms with Crippen LogP contribution in [0.3, 0.4) is 0 Å². The van der Waals surface area contributed by atoms with Crippen LogP contribution < -0.4 is 16.4 Å². The van der Waals surface area contributed by atoms with Gasteiger partial charge in [0.25, 0.3) is 5.91 Å². The fourth-order valence-electron chi connectivity index (χ4n) is 7.03. The molecular formula is C38H49F2N7O4. The summed E-state index contributed by atoms with van der Waals surface area (Å²) in [6.07, 6.45) is 0.267. The van der Waals surface area contributed by atoms with Crippen molar-refractivity contribution in [2.45, 2.75) is 89.9 Å². The maximum absolute atomic E-state index is 14.0. The summed E-state index contributed by atoms with van der Waals surface area (Å²) in [5, 5.41) is 10.3. The minimum atomic E-state index is -2.76. The third kappa shape index (κ3) is 9.99. The molecule has 5 rings (SSSR count). The number of piperazine rings is 1. The highest BCUT2D eigenvalue weighted by atomic mass is 19.3. The van der Waals surface area contributed by atoms with E-state index in [0.717, 1.165) is 30.8 Å². The van der Waals surface area contributed by atoms with E-state index in [-0.39, 0.29) is 68.0 Å². The molecule has 13 heteroatoms. The van der Waals surface area contributed by atoms with E-state index in [9.17, 15) is 28.0 Å². The molecule has 2 aromatic carbocycles. The number of nitrogens with two attached hydrogens (primary N) is 1. The number of benzene rings is 2. The van der Waals surface area contributed by atoms with Gasteiger partial charge in [-0.3, -0.25) is 28.8 Å². The molecule has 11 nitrogen and oxygen atoms in total. The fraction of sp³-hybridized carbons (Fsp3) is 0.500. The van der Waals surface area contributed by atoms with Crippen LogP contribution in [0.25, 0.3) is 0 Å². The summed E-state index contributed by atoms with van der Waals surface area (Å²) in [5.41, 5.74) is 8.93. The average Bonchev–Trinajstić information content (AvgIpc) is 3.56. The van der Waals surface area contributed by atoms with Crippen molar-refractivity contribution in [2.75, 3.05) is 26.2 Å². The van der Waals surface area contributed by atoms with E-state index in [2.05, 4.69) is 32.8 Å². The number of nitrogens with one attached hydrogen (secondary N) is 2. The highest BCUT2D eigenvalue weighted by Gasteiger charge is 2.41. The summed E-state index contributed by atoms with van der Waals surface area (Å²) in [7, 11) is 0. The Balaban J connectivity index is 1.21. The molecule has 4 N–H and O–H groups in total. The van der Waals surface area contributed by atoms with Gasteiger partial charge in [-0.05, 0) is 48.4 Å². The number of carbonyl (C=O) groups is 4. The van der Waals surface area contributed by atoms with Crippen LogP contribution in [0, 0.1) is 5.92 Å². The zero-order chi connectivity index (χ0) is 36.5. The van der Waals surface area contributed by atoms with Crippen molar-refractivity contribution in [1.82, 2.24) is 30.2 Å². The predicted octanol–water partition coefficient (Wildman–Crippen LogP) is 4.01. The van der Waals surface area contributed by atoms with Crippen molar-refractivity contribution in [3.05, 3.63) is 88.7 Å². The third-order valence-electron chi connectivity index (χ3n) is 10.0. The molecular weight excluding hydrogens is 656 g/mol. The molecule has 1 saturated carbocycles. The van der Waals surface area contributed by atoms with Crippen molar-refractivity contribution in [1.29, 1.82) is 0 Å². The normalized spacial score (nSPS) is 17.8. The molecule has 0 unspecified atom stereocenters. The van der Waals surface area contributed by atoms with Crippen molar-refractivity contribution in [2.24, 2.45) is 11.7 Å². The lowest BCUT2D eigenvalue weighted by Crippen LogP contribution is -2.55. The number of carbonyl (C=O) groups excluding carboxylic acids is 4. The Morgan fingerprint density at radius 3 is 2.16 bits per heavy atom. The number of hydrogen-bond donors (Lipinski definition) is 3. The van der Waals surface area contributed by atoms with Crippen molar-refractivity contribution in [3.8, 4) is 0 Å². The van der Waals surface area contributed by atoms with Gasteiger partial charge in [0.2, 0.25) is 23.6 Å². The van der Waals surface area contributed by atoms with Crippen molar-refractivity contribution < 1.29 is 28.0 Å². The van der Waals surface area contributed by atoms with Crippen LogP contribution in [0.1, 0.15) is 84.7 Å². The molecule has 1 saturated heterocycles. The molecule has 0 bridgehead atoms. The zero-order valence-electron chi connectivity index (χ0n) is 29.5. The first-order chi connectivity index (χ1) is 24.5. The van der Waals surface area contributed by atoms with Gasteiger partial charge in [-0.15, -0.1) is 0 Å². The summed E-state index contributed by atoms with van der Waals surface area (Å²) in [4.78, 5) is 56.0. The minimum Gasteiger partial charge on any atom is -0.364 e. The standard InChI is InChI=1S/C38H49F2N7O4/c1-3-33(48)43-31(37(51)46-20-18-45(19-21-46)25-28-8-6-5-7-9-28)22-26-10-12-27(13-11-26)24-42-36(50)34(29-14-16-38(39,40)17-15-29)30-23-32(35(41)49)47(4-2)44-30/h5-13,23,29,31,34H,3-4,14-22,24-25H2,1-2H3,(H2,41,49)(H,42,50)(H,43,48)/t31-,34+/m1/s1. The number of nitrogens with zero attached hydrogens (tertiary/aromatic N) is 4. The van der Waals surface area contributed by atoms with Crippen LogP contribution >= 0.6 is 0 Å². The fourth-order valence-corrected chi connectivity index (χ4v) is 7.03. The molecule has 4 amide bonds. The number of alkyl halides is 2. The van der Waals surface area contributed by atoms with E-state index >= 15 is 0 Å². The molecule has 2 fully saturated rings. The molecule has 1 aromatic heterocycles. The summed E-state index contributed by atoms with van der Waals surface area (Å²) in [6, 6.07) is 18.5. The van der Waals surface area contributed by atoms with E-state index in [1.54, 1.807) is 13.8 Å². The predicted molar refractivity (Wildman–Crippen MR) is 189 cm³/mol. The van der Waals surface area contributed by atoms with Gasteiger partial charge in [0.05, 0.1) is 11.6 Å². The summed E-state index contributed by atoms with van der Waals surface area (Å²) in [6.45, 7) is 7.57. The molecule has 51 heavy (non-hydrogen) atoms. The van der Waals surface area contributed by atoms with Crippen molar-refractivity contribution >= 4 is 23.6 Å².